The number of hydrogen-bond donors (Lipinski definition) is 1. The van der Waals surface area contributed by atoms with Crippen LogP contribution in [0.3, 0.4) is 0 Å². The van der Waals surface area contributed by atoms with E-state index < -0.39 is 0 Å². The second kappa shape index (κ2) is 4.60. The van der Waals surface area contributed by atoms with Crippen molar-refractivity contribution in [2.45, 2.75) is 13.8 Å². The van der Waals surface area contributed by atoms with Crippen LogP contribution in [0.2, 0.25) is 0 Å². The Balaban J connectivity index is 3.57. The van der Waals surface area contributed by atoms with E-state index in [1.54, 1.807) is 0 Å². The van der Waals surface area contributed by atoms with Crippen LogP contribution < -0.4 is 5.73 Å². The maximum absolute atomic E-state index is 5.31. The largest absolute Gasteiger partial charge is 0.327 e. The van der Waals surface area contributed by atoms with Gasteiger partial charge >= 0.3 is 0 Å². The Hall–Kier alpha value is -0.560. The van der Waals surface area contributed by atoms with Crippen molar-refractivity contribution in [1.82, 2.24) is 0 Å². The molecule has 0 atom stereocenters. The zero-order valence-corrected chi connectivity index (χ0v) is 5.52. The molecule has 0 aromatic carbocycles. The lowest BCUT2D eigenvalue weighted by Crippen LogP contribution is -1.98. The van der Waals surface area contributed by atoms with Crippen LogP contribution in [0, 0.1) is 0 Å². The van der Waals surface area contributed by atoms with Crippen molar-refractivity contribution in [2.75, 3.05) is 6.54 Å². The normalized spacial score (nSPS) is 13.1. The van der Waals surface area contributed by atoms with Crippen LogP contribution in [-0.2, 0) is 0 Å². The van der Waals surface area contributed by atoms with Crippen LogP contribution >= 0.6 is 0 Å². The minimum atomic E-state index is 0.657. The molecular formula is C7H13N. The predicted molar refractivity (Wildman–Crippen MR) is 37.6 cm³/mol. The van der Waals surface area contributed by atoms with Crippen LogP contribution in [-0.4, -0.2) is 6.54 Å². The number of allylic oxidation sites excluding steroid dienone is 3. The molecule has 0 amide bonds. The van der Waals surface area contributed by atoms with Crippen LogP contribution in [0.4, 0.5) is 0 Å². The van der Waals surface area contributed by atoms with Gasteiger partial charge in [0.15, 0.2) is 0 Å². The van der Waals surface area contributed by atoms with Gasteiger partial charge in [-0.25, -0.2) is 0 Å². The van der Waals surface area contributed by atoms with E-state index in [9.17, 15) is 0 Å². The number of rotatable bonds is 2. The molecule has 0 bridgehead atoms. The van der Waals surface area contributed by atoms with E-state index >= 15 is 0 Å². The van der Waals surface area contributed by atoms with Gasteiger partial charge in [0.25, 0.3) is 0 Å². The summed E-state index contributed by atoms with van der Waals surface area (Å²) in [5.41, 5.74) is 6.52. The summed E-state index contributed by atoms with van der Waals surface area (Å²) in [6.45, 7) is 4.66. The molecule has 0 aromatic rings. The van der Waals surface area contributed by atoms with Crippen molar-refractivity contribution in [3.63, 3.8) is 0 Å². The molecule has 0 saturated carbocycles. The van der Waals surface area contributed by atoms with E-state index in [2.05, 4.69) is 0 Å². The lowest BCUT2D eigenvalue weighted by molar-refractivity contribution is 1.14. The summed E-state index contributed by atoms with van der Waals surface area (Å²) in [6.07, 6.45) is 5.99. The average molecular weight is 111 g/mol. The molecule has 1 nitrogen and oxygen atoms in total. The molecule has 1 heteroatoms. The van der Waals surface area contributed by atoms with Gasteiger partial charge in [-0.2, -0.15) is 0 Å². The Morgan fingerprint density at radius 1 is 1.62 bits per heavy atom. The molecule has 0 fully saturated rings. The van der Waals surface area contributed by atoms with Gasteiger partial charge in [0.05, 0.1) is 0 Å². The third-order valence-corrected chi connectivity index (χ3v) is 0.895. The fourth-order valence-electron chi connectivity index (χ4n) is 0.329. The molecule has 2 N–H and O–H groups in total. The van der Waals surface area contributed by atoms with Gasteiger partial charge in [-0.1, -0.05) is 23.8 Å². The summed E-state index contributed by atoms with van der Waals surface area (Å²) in [6, 6.07) is 0. The predicted octanol–water partition coefficient (Wildman–Crippen LogP) is 1.47. The van der Waals surface area contributed by atoms with E-state index in [4.69, 9.17) is 5.73 Å². The van der Waals surface area contributed by atoms with Crippen LogP contribution in [0.15, 0.2) is 23.8 Å². The fourth-order valence-corrected chi connectivity index (χ4v) is 0.329. The fraction of sp³-hybridized carbons (Fsp3) is 0.429. The van der Waals surface area contributed by atoms with Crippen molar-refractivity contribution >= 4 is 0 Å². The lowest BCUT2D eigenvalue weighted by atomic mass is 10.3. The van der Waals surface area contributed by atoms with Gasteiger partial charge in [0.2, 0.25) is 0 Å². The summed E-state index contributed by atoms with van der Waals surface area (Å²) in [5.74, 6) is 0. The SMILES string of the molecule is C/C=C\C=C(/C)CN. The Bertz CT molecular complexity index is 101. The lowest BCUT2D eigenvalue weighted by Gasteiger charge is -1.87. The summed E-state index contributed by atoms with van der Waals surface area (Å²) in [4.78, 5) is 0. The van der Waals surface area contributed by atoms with Crippen LogP contribution in [0.5, 0.6) is 0 Å². The summed E-state index contributed by atoms with van der Waals surface area (Å²) >= 11 is 0. The average Bonchev–Trinajstić information content (AvgIpc) is 1.83. The van der Waals surface area contributed by atoms with E-state index in [1.807, 2.05) is 32.1 Å². The molecule has 0 radical (unpaired) electrons. The Labute approximate surface area is 50.9 Å². The molecule has 46 valence electrons. The quantitative estimate of drug-likeness (QED) is 0.536. The topological polar surface area (TPSA) is 26.0 Å². The first kappa shape index (κ1) is 7.44. The maximum Gasteiger partial charge on any atom is 0.0137 e. The van der Waals surface area contributed by atoms with Crippen molar-refractivity contribution in [3.05, 3.63) is 23.8 Å². The van der Waals surface area contributed by atoms with Gasteiger partial charge in [-0.05, 0) is 13.8 Å². The summed E-state index contributed by atoms with van der Waals surface area (Å²) < 4.78 is 0. The number of nitrogens with two attached hydrogens (primary N) is 1. The highest BCUT2D eigenvalue weighted by Crippen LogP contribution is 1.87. The zero-order valence-electron chi connectivity index (χ0n) is 5.52. The van der Waals surface area contributed by atoms with Gasteiger partial charge in [-0.15, -0.1) is 0 Å². The zero-order chi connectivity index (χ0) is 6.41. The van der Waals surface area contributed by atoms with Gasteiger partial charge < -0.3 is 5.73 Å². The molecule has 0 aromatic heterocycles. The van der Waals surface area contributed by atoms with Gasteiger partial charge in [-0.3, -0.25) is 0 Å². The molecule has 0 rings (SSSR count). The molecule has 0 aliphatic rings. The maximum atomic E-state index is 5.31. The minimum absolute atomic E-state index is 0.657. The van der Waals surface area contributed by atoms with Crippen molar-refractivity contribution in [3.8, 4) is 0 Å². The monoisotopic (exact) mass is 111 g/mol. The third kappa shape index (κ3) is 3.62. The van der Waals surface area contributed by atoms with Crippen LogP contribution in [0.1, 0.15) is 13.8 Å². The van der Waals surface area contributed by atoms with Crippen molar-refractivity contribution < 1.29 is 0 Å². The first-order valence-electron chi connectivity index (χ1n) is 2.79. The molecule has 0 saturated heterocycles. The molecule has 0 unspecified atom stereocenters. The van der Waals surface area contributed by atoms with E-state index in [0.29, 0.717) is 6.54 Å². The standard InChI is InChI=1S/C7H13N/c1-3-4-5-7(2)6-8/h3-5H,6,8H2,1-2H3/b4-3-,7-5+. The molecule has 0 spiro atoms. The Kier molecular flexibility index (Phi) is 4.27. The Morgan fingerprint density at radius 3 is 2.62 bits per heavy atom. The first-order valence-corrected chi connectivity index (χ1v) is 2.79. The van der Waals surface area contributed by atoms with Crippen LogP contribution in [0.25, 0.3) is 0 Å². The smallest absolute Gasteiger partial charge is 0.0137 e. The van der Waals surface area contributed by atoms with E-state index in [1.165, 1.54) is 5.57 Å². The molecule has 0 aliphatic carbocycles. The van der Waals surface area contributed by atoms with E-state index in [0.717, 1.165) is 0 Å². The molecule has 0 heterocycles. The minimum Gasteiger partial charge on any atom is -0.327 e. The molecular weight excluding hydrogens is 98.1 g/mol. The van der Waals surface area contributed by atoms with Crippen molar-refractivity contribution in [1.29, 1.82) is 0 Å². The Morgan fingerprint density at radius 2 is 2.25 bits per heavy atom. The highest BCUT2D eigenvalue weighted by atomic mass is 14.5. The molecule has 8 heavy (non-hydrogen) atoms. The highest BCUT2D eigenvalue weighted by molar-refractivity contribution is 5.10. The summed E-state index contributed by atoms with van der Waals surface area (Å²) in [5, 5.41) is 0. The highest BCUT2D eigenvalue weighted by Gasteiger charge is 1.75. The third-order valence-electron chi connectivity index (χ3n) is 0.895. The number of hydrogen-bond acceptors (Lipinski definition) is 1. The second-order valence-corrected chi connectivity index (χ2v) is 1.74. The van der Waals surface area contributed by atoms with Crippen molar-refractivity contribution in [2.24, 2.45) is 5.73 Å². The van der Waals surface area contributed by atoms with Gasteiger partial charge in [0.1, 0.15) is 0 Å². The molecule has 0 aliphatic heterocycles. The van der Waals surface area contributed by atoms with Gasteiger partial charge in [0, 0.05) is 6.54 Å². The van der Waals surface area contributed by atoms with E-state index in [-0.39, 0.29) is 0 Å². The first-order chi connectivity index (χ1) is 3.81. The summed E-state index contributed by atoms with van der Waals surface area (Å²) in [7, 11) is 0. The second-order valence-electron chi connectivity index (χ2n) is 1.74.